The van der Waals surface area contributed by atoms with E-state index in [0.717, 1.165) is 18.0 Å². The van der Waals surface area contributed by atoms with Crippen LogP contribution >= 0.6 is 11.8 Å². The first-order chi connectivity index (χ1) is 18.3. The predicted molar refractivity (Wildman–Crippen MR) is 133 cm³/mol. The lowest BCUT2D eigenvalue weighted by atomic mass is 10.0. The lowest BCUT2D eigenvalue weighted by Crippen LogP contribution is -2.70. The van der Waals surface area contributed by atoms with Gasteiger partial charge in [0.05, 0.1) is 4.92 Å². The quantitative estimate of drug-likeness (QED) is 0.119. The van der Waals surface area contributed by atoms with Crippen LogP contribution in [-0.4, -0.2) is 52.1 Å². The lowest BCUT2D eigenvalue weighted by molar-refractivity contribution is -0.384. The summed E-state index contributed by atoms with van der Waals surface area (Å²) in [5.74, 6) is -1.39. The molecule has 1 unspecified atom stereocenters. The van der Waals surface area contributed by atoms with Gasteiger partial charge >= 0.3 is 5.97 Å². The average Bonchev–Trinajstić information content (AvgIpc) is 2.93. The SMILES string of the molecule is CC1=C(C(=O)OCc2ccc([N+](=O)[O-])cc2)N2C(=O)C(NC(=O)COc3ccccc3)[C@@H]2SC1=COC=O. The molecule has 0 bridgehead atoms. The Hall–Kier alpha value is -4.65. The largest absolute Gasteiger partial charge is 0.484 e. The molecule has 13 heteroatoms. The van der Waals surface area contributed by atoms with E-state index in [2.05, 4.69) is 5.32 Å². The van der Waals surface area contributed by atoms with Crippen molar-refractivity contribution in [3.8, 4) is 5.75 Å². The molecular formula is C25H21N3O9S. The Balaban J connectivity index is 1.46. The van der Waals surface area contributed by atoms with E-state index >= 15 is 0 Å². The van der Waals surface area contributed by atoms with Gasteiger partial charge in [-0.05, 0) is 42.3 Å². The standard InChI is InChI=1S/C25H21N3O9S/c1-15-19(12-35-14-29)38-24-21(26-20(30)13-36-18-5-3-2-4-6-18)23(31)27(24)22(15)25(32)37-11-16-7-9-17(10-8-16)28(33)34/h2-10,12,14,21,24H,11,13H2,1H3,(H,26,30)/t21?,24-/m0/s1. The minimum absolute atomic E-state index is 0.0626. The Labute approximate surface area is 220 Å². The van der Waals surface area contributed by atoms with Crippen molar-refractivity contribution in [2.24, 2.45) is 0 Å². The van der Waals surface area contributed by atoms with Gasteiger partial charge in [0.2, 0.25) is 0 Å². The fourth-order valence-electron chi connectivity index (χ4n) is 3.74. The van der Waals surface area contributed by atoms with Gasteiger partial charge in [0.25, 0.3) is 24.0 Å². The molecule has 2 aromatic carbocycles. The van der Waals surface area contributed by atoms with Crippen LogP contribution in [0.25, 0.3) is 0 Å². The maximum Gasteiger partial charge on any atom is 0.355 e. The number of carbonyl (C=O) groups is 4. The third kappa shape index (κ3) is 5.67. The minimum atomic E-state index is -0.961. The summed E-state index contributed by atoms with van der Waals surface area (Å²) in [5.41, 5.74) is 0.673. The number of hydrogen-bond donors (Lipinski definition) is 1. The van der Waals surface area contributed by atoms with E-state index in [-0.39, 0.29) is 31.1 Å². The Bertz CT molecular complexity index is 1330. The summed E-state index contributed by atoms with van der Waals surface area (Å²) in [6.45, 7) is 1.26. The first kappa shape index (κ1) is 26.4. The molecule has 196 valence electrons. The fraction of sp³-hybridized carbons (Fsp3) is 0.200. The first-order valence-corrected chi connectivity index (χ1v) is 12.1. The van der Waals surface area contributed by atoms with Gasteiger partial charge in [-0.1, -0.05) is 30.0 Å². The molecule has 2 amide bonds. The van der Waals surface area contributed by atoms with Gasteiger partial charge in [-0.3, -0.25) is 29.4 Å². The van der Waals surface area contributed by atoms with Gasteiger partial charge < -0.3 is 19.5 Å². The van der Waals surface area contributed by atoms with Gasteiger partial charge in [0.1, 0.15) is 35.7 Å². The van der Waals surface area contributed by atoms with Gasteiger partial charge in [-0.15, -0.1) is 0 Å². The molecule has 0 spiro atoms. The molecule has 2 atom stereocenters. The third-order valence-electron chi connectivity index (χ3n) is 5.63. The number of nitrogens with one attached hydrogen (secondary N) is 1. The number of ether oxygens (including phenoxy) is 3. The van der Waals surface area contributed by atoms with E-state index in [9.17, 15) is 29.3 Å². The molecule has 0 aliphatic carbocycles. The number of nitro groups is 1. The number of carbonyl (C=O) groups excluding carboxylic acids is 4. The molecule has 2 aliphatic rings. The van der Waals surface area contributed by atoms with Gasteiger partial charge in [-0.2, -0.15) is 0 Å². The highest BCUT2D eigenvalue weighted by molar-refractivity contribution is 8.04. The Morgan fingerprint density at radius 3 is 2.53 bits per heavy atom. The average molecular weight is 540 g/mol. The fourth-order valence-corrected chi connectivity index (χ4v) is 5.02. The molecule has 2 aliphatic heterocycles. The maximum absolute atomic E-state index is 13.1. The molecule has 0 aromatic heterocycles. The summed E-state index contributed by atoms with van der Waals surface area (Å²) >= 11 is 1.13. The van der Waals surface area contributed by atoms with Crippen LogP contribution in [0, 0.1) is 10.1 Å². The van der Waals surface area contributed by atoms with E-state index in [1.807, 2.05) is 0 Å². The summed E-state index contributed by atoms with van der Waals surface area (Å²) in [6.07, 6.45) is 1.15. The number of para-hydroxylation sites is 1. The third-order valence-corrected chi connectivity index (χ3v) is 7.01. The molecule has 2 heterocycles. The number of non-ortho nitro benzene ring substituents is 1. The van der Waals surface area contributed by atoms with Crippen LogP contribution in [0.3, 0.4) is 0 Å². The van der Waals surface area contributed by atoms with E-state index < -0.39 is 34.1 Å². The van der Waals surface area contributed by atoms with E-state index in [4.69, 9.17) is 14.2 Å². The topological polar surface area (TPSA) is 154 Å². The highest BCUT2D eigenvalue weighted by atomic mass is 32.2. The molecule has 0 radical (unpaired) electrons. The van der Waals surface area contributed by atoms with E-state index in [1.54, 1.807) is 37.3 Å². The van der Waals surface area contributed by atoms with Gasteiger partial charge in [-0.25, -0.2) is 4.79 Å². The minimum Gasteiger partial charge on any atom is -0.484 e. The van der Waals surface area contributed by atoms with Gasteiger partial charge in [0, 0.05) is 17.0 Å². The monoisotopic (exact) mass is 539 g/mol. The Morgan fingerprint density at radius 1 is 1.16 bits per heavy atom. The Kier molecular flexibility index (Phi) is 8.06. The number of nitro benzene ring substituents is 1. The summed E-state index contributed by atoms with van der Waals surface area (Å²) in [5, 5.41) is 12.7. The summed E-state index contributed by atoms with van der Waals surface area (Å²) in [6, 6.07) is 13.2. The molecule has 1 saturated heterocycles. The predicted octanol–water partition coefficient (Wildman–Crippen LogP) is 2.41. The van der Waals surface area contributed by atoms with E-state index in [1.165, 1.54) is 29.2 Å². The van der Waals surface area contributed by atoms with Crippen molar-refractivity contribution in [3.63, 3.8) is 0 Å². The number of allylic oxidation sites excluding steroid dienone is 1. The summed E-state index contributed by atoms with van der Waals surface area (Å²) in [7, 11) is 0. The second kappa shape index (κ2) is 11.6. The second-order valence-corrected chi connectivity index (χ2v) is 9.21. The smallest absolute Gasteiger partial charge is 0.355 e. The lowest BCUT2D eigenvalue weighted by Gasteiger charge is -2.49. The van der Waals surface area contributed by atoms with Crippen molar-refractivity contribution in [1.29, 1.82) is 0 Å². The van der Waals surface area contributed by atoms with Crippen molar-refractivity contribution in [2.45, 2.75) is 24.9 Å². The number of nitrogens with zero attached hydrogens (tertiary/aromatic N) is 2. The zero-order valence-electron chi connectivity index (χ0n) is 19.9. The van der Waals surface area contributed by atoms with Crippen LogP contribution in [0.2, 0.25) is 0 Å². The molecule has 2 aromatic rings. The number of hydrogen-bond acceptors (Lipinski definition) is 10. The van der Waals surface area contributed by atoms with Crippen molar-refractivity contribution < 1.29 is 38.3 Å². The molecule has 1 N–H and O–H groups in total. The van der Waals surface area contributed by atoms with Crippen molar-refractivity contribution in [1.82, 2.24) is 10.2 Å². The van der Waals surface area contributed by atoms with Crippen LogP contribution < -0.4 is 10.1 Å². The van der Waals surface area contributed by atoms with Crippen molar-refractivity contribution in [2.75, 3.05) is 6.61 Å². The summed E-state index contributed by atoms with van der Waals surface area (Å²) in [4.78, 5) is 61.2. The first-order valence-electron chi connectivity index (χ1n) is 11.2. The van der Waals surface area contributed by atoms with Crippen molar-refractivity contribution >= 4 is 41.7 Å². The van der Waals surface area contributed by atoms with Crippen LogP contribution in [-0.2, 0) is 35.3 Å². The van der Waals surface area contributed by atoms with Crippen LogP contribution in [0.4, 0.5) is 5.69 Å². The molecule has 1 fully saturated rings. The van der Waals surface area contributed by atoms with Crippen LogP contribution in [0.15, 0.2) is 77.0 Å². The molecule has 38 heavy (non-hydrogen) atoms. The van der Waals surface area contributed by atoms with E-state index in [0.29, 0.717) is 21.8 Å². The number of fused-ring (bicyclic) bond motifs is 1. The number of rotatable bonds is 10. The number of amides is 2. The second-order valence-electron chi connectivity index (χ2n) is 8.05. The zero-order chi connectivity index (χ0) is 27.2. The molecular weight excluding hydrogens is 518 g/mol. The van der Waals surface area contributed by atoms with Crippen molar-refractivity contribution in [3.05, 3.63) is 92.7 Å². The zero-order valence-corrected chi connectivity index (χ0v) is 20.7. The molecule has 0 saturated carbocycles. The highest BCUT2D eigenvalue weighted by Crippen LogP contribution is 2.46. The Morgan fingerprint density at radius 2 is 1.87 bits per heavy atom. The maximum atomic E-state index is 13.1. The number of β-lactam (4-membered cyclic amide) rings is 1. The molecule has 12 nitrogen and oxygen atoms in total. The van der Waals surface area contributed by atoms with Crippen LogP contribution in [0.5, 0.6) is 5.75 Å². The van der Waals surface area contributed by atoms with Crippen LogP contribution in [0.1, 0.15) is 12.5 Å². The number of thioether (sulfide) groups is 1. The highest BCUT2D eigenvalue weighted by Gasteiger charge is 2.55. The molecule has 4 rings (SSSR count). The number of benzene rings is 2. The number of esters is 1. The van der Waals surface area contributed by atoms with Gasteiger partial charge in [0.15, 0.2) is 6.61 Å². The summed E-state index contributed by atoms with van der Waals surface area (Å²) < 4.78 is 15.6. The normalized spacial score (nSPS) is 19.2.